The van der Waals surface area contributed by atoms with Crippen LogP contribution in [0, 0.1) is 0 Å². The van der Waals surface area contributed by atoms with Gasteiger partial charge in [0.15, 0.2) is 6.10 Å². The van der Waals surface area contributed by atoms with E-state index in [0.717, 1.165) is 6.42 Å². The zero-order valence-corrected chi connectivity index (χ0v) is 10.3. The highest BCUT2D eigenvalue weighted by Crippen LogP contribution is 2.13. The zero-order valence-electron chi connectivity index (χ0n) is 10.3. The van der Waals surface area contributed by atoms with E-state index < -0.39 is 12.1 Å². The van der Waals surface area contributed by atoms with E-state index >= 15 is 0 Å². The van der Waals surface area contributed by atoms with Gasteiger partial charge in [-0.3, -0.25) is 9.78 Å². The van der Waals surface area contributed by atoms with Crippen molar-refractivity contribution in [3.05, 3.63) is 24.0 Å². The first-order valence-corrected chi connectivity index (χ1v) is 5.67. The summed E-state index contributed by atoms with van der Waals surface area (Å²) < 4.78 is 5.33. The molecule has 2 N–H and O–H groups in total. The van der Waals surface area contributed by atoms with Gasteiger partial charge < -0.3 is 15.2 Å². The number of carboxylic acid groups (broad SMARTS) is 1. The summed E-state index contributed by atoms with van der Waals surface area (Å²) in [6.07, 6.45) is 2.74. The maximum Gasteiger partial charge on any atom is 0.337 e. The molecular weight excluding hydrogens is 236 g/mol. The fraction of sp³-hybridized carbons (Fsp3) is 0.417. The fourth-order valence-corrected chi connectivity index (χ4v) is 1.25. The van der Waals surface area contributed by atoms with Crippen LogP contribution in [0.2, 0.25) is 0 Å². The average molecular weight is 252 g/mol. The Balaban J connectivity index is 2.63. The SMILES string of the molecule is CCCNC(=O)C(C)Oc1cncc(C(=O)O)c1. The number of carbonyl (C=O) groups excluding carboxylic acids is 1. The molecule has 0 radical (unpaired) electrons. The lowest BCUT2D eigenvalue weighted by Crippen LogP contribution is -2.36. The lowest BCUT2D eigenvalue weighted by atomic mass is 10.3. The van der Waals surface area contributed by atoms with Crippen LogP contribution in [0.1, 0.15) is 30.6 Å². The average Bonchev–Trinajstić information content (AvgIpc) is 2.36. The first kappa shape index (κ1) is 14.0. The molecule has 1 aromatic heterocycles. The number of ether oxygens (including phenoxy) is 1. The van der Waals surface area contributed by atoms with Crippen LogP contribution in [0.3, 0.4) is 0 Å². The third-order valence-electron chi connectivity index (χ3n) is 2.19. The lowest BCUT2D eigenvalue weighted by Gasteiger charge is -2.14. The summed E-state index contributed by atoms with van der Waals surface area (Å²) in [4.78, 5) is 26.0. The summed E-state index contributed by atoms with van der Waals surface area (Å²) in [5, 5.41) is 11.5. The van der Waals surface area contributed by atoms with Gasteiger partial charge in [-0.15, -0.1) is 0 Å². The second-order valence-corrected chi connectivity index (χ2v) is 3.77. The van der Waals surface area contributed by atoms with E-state index in [-0.39, 0.29) is 17.2 Å². The number of nitrogens with one attached hydrogen (secondary N) is 1. The summed E-state index contributed by atoms with van der Waals surface area (Å²) in [5.74, 6) is -1.07. The molecule has 1 aromatic rings. The van der Waals surface area contributed by atoms with Crippen molar-refractivity contribution < 1.29 is 19.4 Å². The molecule has 18 heavy (non-hydrogen) atoms. The Kier molecular flexibility index (Phi) is 5.10. The minimum atomic E-state index is -1.09. The monoisotopic (exact) mass is 252 g/mol. The number of amides is 1. The molecule has 6 nitrogen and oxygen atoms in total. The van der Waals surface area contributed by atoms with Gasteiger partial charge in [-0.05, 0) is 19.4 Å². The second kappa shape index (κ2) is 6.58. The van der Waals surface area contributed by atoms with E-state index in [1.165, 1.54) is 18.5 Å². The molecule has 1 amide bonds. The standard InChI is InChI=1S/C12H16N2O4/c1-3-4-14-11(15)8(2)18-10-5-9(12(16)17)6-13-7-10/h5-8H,3-4H2,1-2H3,(H,14,15)(H,16,17). The van der Waals surface area contributed by atoms with Crippen LogP contribution >= 0.6 is 0 Å². The molecular formula is C12H16N2O4. The Bertz CT molecular complexity index is 434. The Hall–Kier alpha value is -2.11. The molecule has 1 unspecified atom stereocenters. The highest BCUT2D eigenvalue weighted by atomic mass is 16.5. The van der Waals surface area contributed by atoms with E-state index in [2.05, 4.69) is 10.3 Å². The molecule has 0 aliphatic carbocycles. The topological polar surface area (TPSA) is 88.5 Å². The van der Waals surface area contributed by atoms with E-state index in [1.54, 1.807) is 6.92 Å². The second-order valence-electron chi connectivity index (χ2n) is 3.77. The van der Waals surface area contributed by atoms with Crippen molar-refractivity contribution in [1.29, 1.82) is 0 Å². The molecule has 6 heteroatoms. The molecule has 0 spiro atoms. The van der Waals surface area contributed by atoms with Crippen LogP contribution in [-0.4, -0.2) is 34.6 Å². The Morgan fingerprint density at radius 3 is 2.83 bits per heavy atom. The molecule has 1 atom stereocenters. The summed E-state index contributed by atoms with van der Waals surface area (Å²) >= 11 is 0. The predicted octanol–water partition coefficient (Wildman–Crippen LogP) is 1.07. The number of hydrogen-bond acceptors (Lipinski definition) is 4. The maximum absolute atomic E-state index is 11.6. The molecule has 1 rings (SSSR count). The number of nitrogens with zero attached hydrogens (tertiary/aromatic N) is 1. The van der Waals surface area contributed by atoms with Gasteiger partial charge in [-0.1, -0.05) is 6.92 Å². The van der Waals surface area contributed by atoms with Gasteiger partial charge in [0.1, 0.15) is 5.75 Å². The smallest absolute Gasteiger partial charge is 0.337 e. The highest BCUT2D eigenvalue weighted by Gasteiger charge is 2.14. The van der Waals surface area contributed by atoms with Gasteiger partial charge in [0.25, 0.3) is 5.91 Å². The maximum atomic E-state index is 11.6. The molecule has 0 fully saturated rings. The van der Waals surface area contributed by atoms with Crippen LogP contribution < -0.4 is 10.1 Å². The van der Waals surface area contributed by atoms with Gasteiger partial charge in [0, 0.05) is 12.7 Å². The first-order chi connectivity index (χ1) is 8.54. The number of hydrogen-bond donors (Lipinski definition) is 2. The molecule has 1 heterocycles. The normalized spacial score (nSPS) is 11.7. The molecule has 0 saturated heterocycles. The van der Waals surface area contributed by atoms with Crippen LogP contribution in [-0.2, 0) is 4.79 Å². The third kappa shape index (κ3) is 4.04. The molecule has 98 valence electrons. The molecule has 0 bridgehead atoms. The highest BCUT2D eigenvalue weighted by molar-refractivity contribution is 5.87. The van der Waals surface area contributed by atoms with Gasteiger partial charge in [-0.25, -0.2) is 4.79 Å². The largest absolute Gasteiger partial charge is 0.479 e. The van der Waals surface area contributed by atoms with Gasteiger partial charge in [-0.2, -0.15) is 0 Å². The molecule has 0 saturated carbocycles. The van der Waals surface area contributed by atoms with Crippen molar-refractivity contribution in [2.24, 2.45) is 0 Å². The predicted molar refractivity (Wildman–Crippen MR) is 64.6 cm³/mol. The molecule has 0 aromatic carbocycles. The molecule has 0 aliphatic rings. The van der Waals surface area contributed by atoms with Gasteiger partial charge >= 0.3 is 5.97 Å². The van der Waals surface area contributed by atoms with E-state index in [0.29, 0.717) is 6.54 Å². The summed E-state index contributed by atoms with van der Waals surface area (Å²) in [6.45, 7) is 4.13. The van der Waals surface area contributed by atoms with Crippen molar-refractivity contribution in [3.63, 3.8) is 0 Å². The van der Waals surface area contributed by atoms with Crippen molar-refractivity contribution in [3.8, 4) is 5.75 Å². The number of pyridine rings is 1. The number of carbonyl (C=O) groups is 2. The van der Waals surface area contributed by atoms with Crippen LogP contribution in [0.25, 0.3) is 0 Å². The van der Waals surface area contributed by atoms with Crippen molar-refractivity contribution >= 4 is 11.9 Å². The number of aromatic carboxylic acids is 1. The third-order valence-corrected chi connectivity index (χ3v) is 2.19. The Labute approximate surface area is 105 Å². The van der Waals surface area contributed by atoms with Gasteiger partial charge in [0.05, 0.1) is 11.8 Å². The van der Waals surface area contributed by atoms with Crippen LogP contribution in [0.5, 0.6) is 5.75 Å². The first-order valence-electron chi connectivity index (χ1n) is 5.67. The van der Waals surface area contributed by atoms with Crippen molar-refractivity contribution in [2.45, 2.75) is 26.4 Å². The zero-order chi connectivity index (χ0) is 13.5. The fourth-order valence-electron chi connectivity index (χ4n) is 1.25. The van der Waals surface area contributed by atoms with Gasteiger partial charge in [0.2, 0.25) is 0 Å². The minimum absolute atomic E-state index is 0.0219. The Morgan fingerprint density at radius 1 is 1.50 bits per heavy atom. The number of aromatic nitrogens is 1. The summed E-state index contributed by atoms with van der Waals surface area (Å²) in [5.41, 5.74) is 0.0219. The molecule has 0 aliphatic heterocycles. The van der Waals surface area contributed by atoms with E-state index in [4.69, 9.17) is 9.84 Å². The quantitative estimate of drug-likeness (QED) is 0.790. The summed E-state index contributed by atoms with van der Waals surface area (Å²) in [7, 11) is 0. The number of carboxylic acids is 1. The van der Waals surface area contributed by atoms with Crippen LogP contribution in [0.4, 0.5) is 0 Å². The van der Waals surface area contributed by atoms with E-state index in [1.807, 2.05) is 6.92 Å². The summed E-state index contributed by atoms with van der Waals surface area (Å²) in [6, 6.07) is 1.33. The Morgan fingerprint density at radius 2 is 2.22 bits per heavy atom. The van der Waals surface area contributed by atoms with Crippen LogP contribution in [0.15, 0.2) is 18.5 Å². The van der Waals surface area contributed by atoms with E-state index in [9.17, 15) is 9.59 Å². The number of rotatable bonds is 6. The minimum Gasteiger partial charge on any atom is -0.479 e. The van der Waals surface area contributed by atoms with Crippen molar-refractivity contribution in [1.82, 2.24) is 10.3 Å². The van der Waals surface area contributed by atoms with Crippen molar-refractivity contribution in [2.75, 3.05) is 6.54 Å². The lowest BCUT2D eigenvalue weighted by molar-refractivity contribution is -0.127.